The van der Waals surface area contributed by atoms with Gasteiger partial charge in [-0.1, -0.05) is 12.1 Å². The molecule has 0 unspecified atom stereocenters. The number of hydrogen-bond donors (Lipinski definition) is 0. The Labute approximate surface area is 127 Å². The minimum atomic E-state index is -0.531. The van der Waals surface area contributed by atoms with Gasteiger partial charge in [0.25, 0.3) is 11.8 Å². The highest BCUT2D eigenvalue weighted by Gasteiger charge is 2.35. The molecular weight excluding hydrogens is 288 g/mol. The number of likely N-dealkylation sites (N-methyl/N-ethyl adjacent to an activating group) is 1. The summed E-state index contributed by atoms with van der Waals surface area (Å²) in [5, 5.41) is 0. The number of imide groups is 1. The molecule has 0 saturated carbocycles. The summed E-state index contributed by atoms with van der Waals surface area (Å²) in [6, 6.07) is 6.53. The lowest BCUT2D eigenvalue weighted by Gasteiger charge is -2.18. The van der Waals surface area contributed by atoms with Gasteiger partial charge >= 0.3 is 5.97 Å². The van der Waals surface area contributed by atoms with Gasteiger partial charge < -0.3 is 9.64 Å². The summed E-state index contributed by atoms with van der Waals surface area (Å²) in [5.74, 6) is -1.67. The first kappa shape index (κ1) is 15.7. The Morgan fingerprint density at radius 1 is 1.14 bits per heavy atom. The summed E-state index contributed by atoms with van der Waals surface area (Å²) < 4.78 is 4.47. The van der Waals surface area contributed by atoms with Crippen LogP contribution in [0.3, 0.4) is 0 Å². The van der Waals surface area contributed by atoms with E-state index in [4.69, 9.17) is 0 Å². The Morgan fingerprint density at radius 3 is 2.18 bits per heavy atom. The van der Waals surface area contributed by atoms with Gasteiger partial charge in [-0.3, -0.25) is 24.1 Å². The highest BCUT2D eigenvalue weighted by Crippen LogP contribution is 2.22. The largest absolute Gasteiger partial charge is 0.468 e. The third-order valence-electron chi connectivity index (χ3n) is 3.45. The van der Waals surface area contributed by atoms with Crippen LogP contribution in [0.4, 0.5) is 0 Å². The fraction of sp³-hybridized carbons (Fsp3) is 0.333. The molecule has 1 aromatic carbocycles. The zero-order chi connectivity index (χ0) is 16.3. The maximum atomic E-state index is 12.1. The third kappa shape index (κ3) is 2.98. The average Bonchev–Trinajstić information content (AvgIpc) is 2.76. The van der Waals surface area contributed by atoms with E-state index in [1.165, 1.54) is 19.1 Å². The van der Waals surface area contributed by atoms with Crippen molar-refractivity contribution in [3.63, 3.8) is 0 Å². The molecule has 0 fully saturated rings. The molecule has 1 heterocycles. The van der Waals surface area contributed by atoms with Crippen molar-refractivity contribution in [1.29, 1.82) is 0 Å². The standard InChI is InChI=1S/C15H16N2O5/c1-16(9-13(19)22-2)12(18)7-8-17-14(20)10-5-3-4-6-11(10)15(17)21/h3-6H,7-9H2,1-2H3. The van der Waals surface area contributed by atoms with Gasteiger partial charge in [0.2, 0.25) is 5.91 Å². The highest BCUT2D eigenvalue weighted by molar-refractivity contribution is 6.21. The maximum absolute atomic E-state index is 12.1. The number of amides is 3. The van der Waals surface area contributed by atoms with Crippen molar-refractivity contribution in [3.8, 4) is 0 Å². The Morgan fingerprint density at radius 2 is 1.68 bits per heavy atom. The third-order valence-corrected chi connectivity index (χ3v) is 3.45. The molecule has 1 aromatic rings. The van der Waals surface area contributed by atoms with E-state index in [-0.39, 0.29) is 25.4 Å². The van der Waals surface area contributed by atoms with Gasteiger partial charge in [0.15, 0.2) is 0 Å². The lowest BCUT2D eigenvalue weighted by atomic mass is 10.1. The zero-order valence-corrected chi connectivity index (χ0v) is 12.4. The number of rotatable bonds is 5. The molecule has 0 aliphatic carbocycles. The lowest BCUT2D eigenvalue weighted by molar-refractivity contribution is -0.146. The van der Waals surface area contributed by atoms with E-state index >= 15 is 0 Å². The molecule has 0 saturated heterocycles. The van der Waals surface area contributed by atoms with Crippen molar-refractivity contribution in [1.82, 2.24) is 9.80 Å². The van der Waals surface area contributed by atoms with Gasteiger partial charge in [0, 0.05) is 20.0 Å². The Bertz CT molecular complexity index is 606. The first-order valence-electron chi connectivity index (χ1n) is 6.71. The fourth-order valence-electron chi connectivity index (χ4n) is 2.19. The van der Waals surface area contributed by atoms with Crippen LogP contribution in [0.15, 0.2) is 24.3 Å². The van der Waals surface area contributed by atoms with Crippen molar-refractivity contribution in [2.75, 3.05) is 27.2 Å². The van der Waals surface area contributed by atoms with Gasteiger partial charge in [-0.05, 0) is 12.1 Å². The number of esters is 1. The predicted molar refractivity (Wildman–Crippen MR) is 76.1 cm³/mol. The average molecular weight is 304 g/mol. The van der Waals surface area contributed by atoms with Crippen molar-refractivity contribution in [2.24, 2.45) is 0 Å². The zero-order valence-electron chi connectivity index (χ0n) is 12.4. The van der Waals surface area contributed by atoms with Crippen molar-refractivity contribution in [2.45, 2.75) is 6.42 Å². The number of nitrogens with zero attached hydrogens (tertiary/aromatic N) is 2. The van der Waals surface area contributed by atoms with E-state index in [0.717, 1.165) is 4.90 Å². The molecule has 116 valence electrons. The molecular formula is C15H16N2O5. The van der Waals surface area contributed by atoms with Gasteiger partial charge in [0.05, 0.1) is 18.2 Å². The van der Waals surface area contributed by atoms with Crippen LogP contribution in [0.1, 0.15) is 27.1 Å². The summed E-state index contributed by atoms with van der Waals surface area (Å²) in [4.78, 5) is 49.5. The molecule has 0 spiro atoms. The summed E-state index contributed by atoms with van der Waals surface area (Å²) in [6.07, 6.45) is -0.0427. The van der Waals surface area contributed by atoms with E-state index in [2.05, 4.69) is 4.74 Å². The van der Waals surface area contributed by atoms with E-state index in [9.17, 15) is 19.2 Å². The molecule has 22 heavy (non-hydrogen) atoms. The molecule has 0 radical (unpaired) electrons. The van der Waals surface area contributed by atoms with Crippen LogP contribution in [0.25, 0.3) is 0 Å². The summed E-state index contributed by atoms with van der Waals surface area (Å²) in [5.41, 5.74) is 0.700. The van der Waals surface area contributed by atoms with Crippen LogP contribution >= 0.6 is 0 Å². The number of carbonyl (C=O) groups is 4. The Balaban J connectivity index is 1.96. The molecule has 0 atom stereocenters. The van der Waals surface area contributed by atoms with Crippen LogP contribution < -0.4 is 0 Å². The van der Waals surface area contributed by atoms with Crippen molar-refractivity contribution >= 4 is 23.7 Å². The highest BCUT2D eigenvalue weighted by atomic mass is 16.5. The van der Waals surface area contributed by atoms with Crippen molar-refractivity contribution in [3.05, 3.63) is 35.4 Å². The van der Waals surface area contributed by atoms with Crippen molar-refractivity contribution < 1.29 is 23.9 Å². The molecule has 1 aliphatic rings. The molecule has 0 bridgehead atoms. The van der Waals surface area contributed by atoms with E-state index in [1.54, 1.807) is 24.3 Å². The predicted octanol–water partition coefficient (Wildman–Crippen LogP) is 0.304. The molecule has 7 nitrogen and oxygen atoms in total. The van der Waals surface area contributed by atoms with Crippen LogP contribution in [0.5, 0.6) is 0 Å². The Kier molecular flexibility index (Phi) is 4.55. The van der Waals surface area contributed by atoms with E-state index in [0.29, 0.717) is 11.1 Å². The monoisotopic (exact) mass is 304 g/mol. The van der Waals surface area contributed by atoms with Gasteiger partial charge in [-0.15, -0.1) is 0 Å². The number of carbonyl (C=O) groups excluding carboxylic acids is 4. The number of ether oxygens (including phenoxy) is 1. The molecule has 2 rings (SSSR count). The minimum absolute atomic E-state index is 0.0172. The lowest BCUT2D eigenvalue weighted by Crippen LogP contribution is -2.37. The Hall–Kier alpha value is -2.70. The van der Waals surface area contributed by atoms with Crippen LogP contribution in [-0.4, -0.2) is 60.7 Å². The molecule has 0 N–H and O–H groups in total. The normalized spacial score (nSPS) is 13.1. The number of hydrogen-bond acceptors (Lipinski definition) is 5. The van der Waals surface area contributed by atoms with Gasteiger partial charge in [0.1, 0.15) is 6.54 Å². The molecule has 3 amide bonds. The summed E-state index contributed by atoms with van der Waals surface area (Å²) >= 11 is 0. The van der Waals surface area contributed by atoms with Crippen LogP contribution in [-0.2, 0) is 14.3 Å². The maximum Gasteiger partial charge on any atom is 0.325 e. The number of methoxy groups -OCH3 is 1. The van der Waals surface area contributed by atoms with Gasteiger partial charge in [-0.2, -0.15) is 0 Å². The molecule has 1 aliphatic heterocycles. The summed E-state index contributed by atoms with van der Waals surface area (Å²) in [6.45, 7) is -0.186. The number of benzene rings is 1. The number of fused-ring (bicyclic) bond motifs is 1. The minimum Gasteiger partial charge on any atom is -0.468 e. The first-order valence-corrected chi connectivity index (χ1v) is 6.71. The second-order valence-corrected chi connectivity index (χ2v) is 4.88. The van der Waals surface area contributed by atoms with Gasteiger partial charge in [-0.25, -0.2) is 0 Å². The second-order valence-electron chi connectivity index (χ2n) is 4.88. The fourth-order valence-corrected chi connectivity index (χ4v) is 2.19. The molecule has 0 aromatic heterocycles. The molecule has 7 heteroatoms. The van der Waals surface area contributed by atoms with Crippen LogP contribution in [0, 0.1) is 0 Å². The van der Waals surface area contributed by atoms with E-state index in [1.807, 2.05) is 0 Å². The van der Waals surface area contributed by atoms with Crippen LogP contribution in [0.2, 0.25) is 0 Å². The second kappa shape index (κ2) is 6.38. The SMILES string of the molecule is COC(=O)CN(C)C(=O)CCN1C(=O)c2ccccc2C1=O. The smallest absolute Gasteiger partial charge is 0.325 e. The first-order chi connectivity index (χ1) is 10.5. The quantitative estimate of drug-likeness (QED) is 0.577. The summed E-state index contributed by atoms with van der Waals surface area (Å²) in [7, 11) is 2.70. The van der Waals surface area contributed by atoms with E-state index < -0.39 is 17.8 Å². The topological polar surface area (TPSA) is 84.0 Å².